The lowest BCUT2D eigenvalue weighted by atomic mass is 9.98. The van der Waals surface area contributed by atoms with E-state index in [1.165, 1.54) is 0 Å². The third-order valence-electron chi connectivity index (χ3n) is 8.11. The molecule has 0 aliphatic carbocycles. The van der Waals surface area contributed by atoms with Gasteiger partial charge in [0, 0.05) is 69.7 Å². The summed E-state index contributed by atoms with van der Waals surface area (Å²) in [6, 6.07) is 9.25. The number of ether oxygens (including phenoxy) is 1. The van der Waals surface area contributed by atoms with E-state index in [2.05, 4.69) is 20.2 Å². The second-order valence-electron chi connectivity index (χ2n) is 11.4. The Morgan fingerprint density at radius 1 is 1.12 bits per heavy atom. The molecule has 0 bridgehead atoms. The van der Waals surface area contributed by atoms with Crippen LogP contribution in [0.4, 0.5) is 18.9 Å². The molecule has 4 heterocycles. The molecule has 2 fully saturated rings. The summed E-state index contributed by atoms with van der Waals surface area (Å²) in [6.07, 6.45) is 0.992. The molecule has 6 rings (SSSR count). The summed E-state index contributed by atoms with van der Waals surface area (Å²) in [4.78, 5) is 22.9. The first kappa shape index (κ1) is 29.5. The monoisotopic (exact) mass is 610 g/mol. The molecule has 0 N–H and O–H groups in total. The molecule has 2 aliphatic heterocycles. The molecule has 1 unspecified atom stereocenters. The predicted molar refractivity (Wildman–Crippen MR) is 159 cm³/mol. The summed E-state index contributed by atoms with van der Waals surface area (Å²) in [6.45, 7) is 6.21. The highest BCUT2D eigenvalue weighted by Gasteiger charge is 2.32. The zero-order valence-corrected chi connectivity index (χ0v) is 24.9. The normalized spacial score (nSPS) is 18.0. The first-order valence-corrected chi connectivity index (χ1v) is 15.2. The number of aryl methyl sites for hydroxylation is 1. The van der Waals surface area contributed by atoms with Gasteiger partial charge in [0.2, 0.25) is 0 Å². The Kier molecular flexibility index (Phi) is 8.34. The molecule has 0 spiro atoms. The van der Waals surface area contributed by atoms with E-state index in [0.717, 1.165) is 72.4 Å². The predicted octanol–water partition coefficient (Wildman–Crippen LogP) is 5.47. The number of thiazole rings is 1. The Morgan fingerprint density at radius 3 is 2.67 bits per heavy atom. The first-order chi connectivity index (χ1) is 20.6. The van der Waals surface area contributed by atoms with Crippen LogP contribution in [0.15, 0.2) is 48.8 Å². The van der Waals surface area contributed by atoms with Crippen LogP contribution in [0.2, 0.25) is 0 Å². The summed E-state index contributed by atoms with van der Waals surface area (Å²) in [5.41, 5.74) is 2.73. The number of carbonyl (C=O) groups excluding carboxylic acids is 1. The lowest BCUT2D eigenvalue weighted by Gasteiger charge is -2.34. The Labute approximate surface area is 252 Å². The van der Waals surface area contributed by atoms with Gasteiger partial charge in [0.25, 0.3) is 0 Å². The summed E-state index contributed by atoms with van der Waals surface area (Å²) < 4.78 is 48.6. The fourth-order valence-corrected chi connectivity index (χ4v) is 6.47. The molecule has 12 heteroatoms. The van der Waals surface area contributed by atoms with Gasteiger partial charge in [-0.25, -0.2) is 9.67 Å². The highest BCUT2D eigenvalue weighted by molar-refractivity contribution is 7.15. The Morgan fingerprint density at radius 2 is 1.93 bits per heavy atom. The van der Waals surface area contributed by atoms with Crippen molar-refractivity contribution in [1.29, 1.82) is 0 Å². The van der Waals surface area contributed by atoms with Gasteiger partial charge in [0.05, 0.1) is 27.3 Å². The summed E-state index contributed by atoms with van der Waals surface area (Å²) in [5.74, 6) is 0.123. The Hall–Kier alpha value is -3.61. The molecular formula is C31H33F3N6O2S. The molecule has 1 atom stereocenters. The molecule has 0 radical (unpaired) electrons. The van der Waals surface area contributed by atoms with E-state index in [1.54, 1.807) is 22.1 Å². The van der Waals surface area contributed by atoms with Crippen molar-refractivity contribution in [3.05, 3.63) is 76.1 Å². The number of alkyl halides is 3. The number of anilines is 1. The second-order valence-corrected chi connectivity index (χ2v) is 12.5. The lowest BCUT2D eigenvalue weighted by molar-refractivity contribution is -0.137. The van der Waals surface area contributed by atoms with Gasteiger partial charge in [-0.15, -0.1) is 16.4 Å². The van der Waals surface area contributed by atoms with Crippen LogP contribution in [0, 0.1) is 12.8 Å². The van der Waals surface area contributed by atoms with Gasteiger partial charge in [-0.1, -0.05) is 17.3 Å². The minimum absolute atomic E-state index is 0.0403. The van der Waals surface area contributed by atoms with Gasteiger partial charge >= 0.3 is 6.18 Å². The zero-order valence-electron chi connectivity index (χ0n) is 24.1. The fourth-order valence-electron chi connectivity index (χ4n) is 5.49. The van der Waals surface area contributed by atoms with Crippen molar-refractivity contribution >= 4 is 22.8 Å². The second kappa shape index (κ2) is 12.2. The number of benzene rings is 2. The number of rotatable bonds is 8. The highest BCUT2D eigenvalue weighted by atomic mass is 32.1. The maximum absolute atomic E-state index is 13.8. The van der Waals surface area contributed by atoms with Crippen molar-refractivity contribution < 1.29 is 22.7 Å². The van der Waals surface area contributed by atoms with Crippen LogP contribution >= 0.6 is 11.3 Å². The molecule has 43 heavy (non-hydrogen) atoms. The van der Waals surface area contributed by atoms with Crippen LogP contribution < -0.4 is 4.90 Å². The number of Topliss-reactive ketones (excluding diaryl/α,β-unsaturated/α-hetero) is 1. The summed E-state index contributed by atoms with van der Waals surface area (Å²) in [7, 11) is 1.98. The molecule has 8 nitrogen and oxygen atoms in total. The largest absolute Gasteiger partial charge is 0.416 e. The van der Waals surface area contributed by atoms with Crippen molar-refractivity contribution in [1.82, 2.24) is 24.9 Å². The fraction of sp³-hybridized carbons (Fsp3) is 0.419. The minimum atomic E-state index is -4.55. The standard InChI is InChI=1S/C31H33F3N6O2S/c1-20-3-4-21(11-27(20)40-18-26(36-37-40)29-17-35-30(43-29)13-22-5-10-42-19-22)12-28(41)23-14-24(31(32,33)34)16-25(15-23)39-8-6-38(2)7-9-39/h3-4,11,14-18,22H,5-10,12-13,19H2,1-2H3. The number of nitrogens with zero attached hydrogens (tertiary/aromatic N) is 6. The van der Waals surface area contributed by atoms with E-state index in [-0.39, 0.29) is 17.8 Å². The van der Waals surface area contributed by atoms with Crippen LogP contribution in [-0.2, 0) is 23.8 Å². The molecule has 0 amide bonds. The topological polar surface area (TPSA) is 76.4 Å². The van der Waals surface area contributed by atoms with E-state index < -0.39 is 11.7 Å². The van der Waals surface area contributed by atoms with Crippen molar-refractivity contribution in [3.63, 3.8) is 0 Å². The number of halogens is 3. The molecule has 226 valence electrons. The smallest absolute Gasteiger partial charge is 0.381 e. The van der Waals surface area contributed by atoms with E-state index >= 15 is 0 Å². The number of hydrogen-bond donors (Lipinski definition) is 0. The van der Waals surface area contributed by atoms with E-state index in [1.807, 2.05) is 49.5 Å². The lowest BCUT2D eigenvalue weighted by Crippen LogP contribution is -2.44. The van der Waals surface area contributed by atoms with Crippen LogP contribution in [-0.4, -0.2) is 77.1 Å². The van der Waals surface area contributed by atoms with Gasteiger partial charge in [-0.05, 0) is 61.7 Å². The molecular weight excluding hydrogens is 577 g/mol. The van der Waals surface area contributed by atoms with Crippen LogP contribution in [0.5, 0.6) is 0 Å². The summed E-state index contributed by atoms with van der Waals surface area (Å²) in [5, 5.41) is 9.73. The van der Waals surface area contributed by atoms with Crippen molar-refractivity contribution in [2.45, 2.75) is 32.4 Å². The van der Waals surface area contributed by atoms with Crippen LogP contribution in [0.3, 0.4) is 0 Å². The number of carbonyl (C=O) groups is 1. The van der Waals surface area contributed by atoms with Crippen LogP contribution in [0.1, 0.15) is 38.5 Å². The highest BCUT2D eigenvalue weighted by Crippen LogP contribution is 2.34. The maximum atomic E-state index is 13.8. The first-order valence-electron chi connectivity index (χ1n) is 14.4. The van der Waals surface area contributed by atoms with E-state index in [9.17, 15) is 18.0 Å². The molecule has 4 aromatic rings. The number of ketones is 1. The van der Waals surface area contributed by atoms with E-state index in [4.69, 9.17) is 4.74 Å². The third-order valence-corrected chi connectivity index (χ3v) is 9.15. The number of aromatic nitrogens is 4. The minimum Gasteiger partial charge on any atom is -0.381 e. The van der Waals surface area contributed by atoms with Gasteiger partial charge in [0.15, 0.2) is 5.78 Å². The maximum Gasteiger partial charge on any atom is 0.416 e. The number of likely N-dealkylation sites (N-methyl/N-ethyl adjacent to an activating group) is 1. The van der Waals surface area contributed by atoms with Crippen molar-refractivity contribution in [3.8, 4) is 16.3 Å². The molecule has 2 aliphatic rings. The molecule has 2 aromatic carbocycles. The molecule has 2 saturated heterocycles. The van der Waals surface area contributed by atoms with Crippen LogP contribution in [0.25, 0.3) is 16.3 Å². The molecule has 2 aromatic heterocycles. The quantitative estimate of drug-likeness (QED) is 0.245. The Balaban J connectivity index is 1.21. The average Bonchev–Trinajstić information content (AvgIpc) is 3.77. The summed E-state index contributed by atoms with van der Waals surface area (Å²) >= 11 is 1.60. The van der Waals surface area contributed by atoms with Gasteiger partial charge in [0.1, 0.15) is 5.69 Å². The van der Waals surface area contributed by atoms with Gasteiger partial charge in [-0.2, -0.15) is 13.2 Å². The number of hydrogen-bond acceptors (Lipinski definition) is 8. The average molecular weight is 611 g/mol. The third kappa shape index (κ3) is 6.81. The van der Waals surface area contributed by atoms with Gasteiger partial charge in [-0.3, -0.25) is 4.79 Å². The number of piperazine rings is 1. The SMILES string of the molecule is Cc1ccc(CC(=O)c2cc(N3CCN(C)CC3)cc(C(F)(F)F)c2)cc1-n1cc(-c2cnc(CC3CCOC3)s2)nn1. The van der Waals surface area contributed by atoms with E-state index in [0.29, 0.717) is 36.0 Å². The zero-order chi connectivity index (χ0) is 30.1. The Bertz CT molecular complexity index is 1600. The molecule has 0 saturated carbocycles. The van der Waals surface area contributed by atoms with Gasteiger partial charge < -0.3 is 14.5 Å². The van der Waals surface area contributed by atoms with Crippen molar-refractivity contribution in [2.75, 3.05) is 51.3 Å². The van der Waals surface area contributed by atoms with Crippen molar-refractivity contribution in [2.24, 2.45) is 5.92 Å².